The molecule has 3 aliphatic rings. The van der Waals surface area contributed by atoms with Crippen LogP contribution in [-0.4, -0.2) is 93.5 Å². The standard InChI is InChI=1S/C33H38F5N5O4S/c1-15-21(10-11-41(6)7)39-29-24-23(15)25(35)26(19-12-18(44)13-20(34)28(19)48-33(36,37)38)40-30(24)46-16(2)27-22-9-8-17(14-42(27)29)43(22)31(45)47-32(3,4)5/h12-13,16-17,22,27,44H,8-11,14H2,1-7H3/t16-,17+,22-,27+/m0/s1. The van der Waals surface area contributed by atoms with Gasteiger partial charge in [0, 0.05) is 42.2 Å². The molecule has 2 saturated heterocycles. The first-order valence-electron chi connectivity index (χ1n) is 15.7. The normalized spacial score (nSPS) is 22.2. The van der Waals surface area contributed by atoms with E-state index in [9.17, 15) is 23.1 Å². The first-order chi connectivity index (χ1) is 22.3. The summed E-state index contributed by atoms with van der Waals surface area (Å²) in [4.78, 5) is 27.8. The van der Waals surface area contributed by atoms with E-state index in [0.717, 1.165) is 6.07 Å². The van der Waals surface area contributed by atoms with Gasteiger partial charge in [-0.05, 0) is 84.9 Å². The van der Waals surface area contributed by atoms with Gasteiger partial charge in [0.25, 0.3) is 0 Å². The van der Waals surface area contributed by atoms with Crippen molar-refractivity contribution in [3.63, 3.8) is 0 Å². The minimum absolute atomic E-state index is 0.0373. The van der Waals surface area contributed by atoms with Crippen LogP contribution in [0.25, 0.3) is 22.0 Å². The number of aromatic hydroxyl groups is 1. The smallest absolute Gasteiger partial charge is 0.446 e. The van der Waals surface area contributed by atoms with Crippen molar-refractivity contribution in [2.75, 3.05) is 32.1 Å². The zero-order valence-corrected chi connectivity index (χ0v) is 28.5. The van der Waals surface area contributed by atoms with Crippen LogP contribution < -0.4 is 9.64 Å². The summed E-state index contributed by atoms with van der Waals surface area (Å²) in [6, 6.07) is 0.400. The SMILES string of the molecule is Cc1c(CCN(C)C)nc2c3c(nc(-c4cc(O)cc(F)c4SC(F)(F)F)c(F)c13)O[C@@H](C)[C@@H]1[C@@H]3CC[C@H](CN21)N3C(=O)OC(C)(C)C. The third-order valence-electron chi connectivity index (χ3n) is 9.04. The Labute approximate surface area is 279 Å². The number of halogens is 5. The molecule has 0 radical (unpaired) electrons. The molecule has 3 aliphatic heterocycles. The molecule has 2 fully saturated rings. The van der Waals surface area contributed by atoms with Crippen LogP contribution in [0.4, 0.5) is 32.6 Å². The fourth-order valence-corrected chi connectivity index (χ4v) is 7.81. The quantitative estimate of drug-likeness (QED) is 0.223. The lowest BCUT2D eigenvalue weighted by molar-refractivity contribution is -0.0329. The number of hydrogen-bond acceptors (Lipinski definition) is 9. The van der Waals surface area contributed by atoms with Gasteiger partial charge in [0.1, 0.15) is 34.8 Å². The van der Waals surface area contributed by atoms with Crippen molar-refractivity contribution in [2.24, 2.45) is 0 Å². The Morgan fingerprint density at radius 3 is 2.50 bits per heavy atom. The Bertz CT molecular complexity index is 1780. The van der Waals surface area contributed by atoms with Crippen LogP contribution in [0.1, 0.15) is 51.8 Å². The number of phenols is 1. The molecule has 9 nitrogen and oxygen atoms in total. The van der Waals surface area contributed by atoms with Crippen LogP contribution in [0.2, 0.25) is 0 Å². The number of likely N-dealkylation sites (N-methyl/N-ethyl adjacent to an activating group) is 1. The number of hydrogen-bond donors (Lipinski definition) is 1. The van der Waals surface area contributed by atoms with Crippen LogP contribution in [0, 0.1) is 18.6 Å². The van der Waals surface area contributed by atoms with Gasteiger partial charge in [-0.15, -0.1) is 0 Å². The summed E-state index contributed by atoms with van der Waals surface area (Å²) in [6.07, 6.45) is 0.705. The Kier molecular flexibility index (Phi) is 8.62. The number of anilines is 1. The number of phenolic OH excluding ortho intramolecular Hbond substituents is 1. The molecule has 2 bridgehead atoms. The van der Waals surface area contributed by atoms with E-state index in [-0.39, 0.29) is 28.7 Å². The van der Waals surface area contributed by atoms with E-state index in [2.05, 4.69) is 4.98 Å². The summed E-state index contributed by atoms with van der Waals surface area (Å²) in [5, 5.41) is 10.5. The number of carbonyl (C=O) groups excluding carboxylic acids is 1. The van der Waals surface area contributed by atoms with Crippen molar-refractivity contribution >= 4 is 34.4 Å². The molecule has 4 atom stereocenters. The molecule has 15 heteroatoms. The van der Waals surface area contributed by atoms with Gasteiger partial charge in [0.15, 0.2) is 5.82 Å². The minimum atomic E-state index is -4.91. The van der Waals surface area contributed by atoms with E-state index in [1.807, 2.05) is 23.9 Å². The molecule has 1 N–H and O–H groups in total. The van der Waals surface area contributed by atoms with Gasteiger partial charge in [-0.1, -0.05) is 0 Å². The third kappa shape index (κ3) is 6.19. The fraction of sp³-hybridized carbons (Fsp3) is 0.545. The van der Waals surface area contributed by atoms with Crippen molar-refractivity contribution in [3.05, 3.63) is 35.0 Å². The summed E-state index contributed by atoms with van der Waals surface area (Å²) in [5.74, 6) is -2.73. The average molecular weight is 696 g/mol. The summed E-state index contributed by atoms with van der Waals surface area (Å²) in [5.41, 5.74) is -5.78. The minimum Gasteiger partial charge on any atom is -0.508 e. The highest BCUT2D eigenvalue weighted by molar-refractivity contribution is 8.00. The second kappa shape index (κ2) is 12.1. The molecular weight excluding hydrogens is 657 g/mol. The number of carbonyl (C=O) groups is 1. The number of alkyl halides is 3. The highest BCUT2D eigenvalue weighted by atomic mass is 32.2. The number of nitrogens with zero attached hydrogens (tertiary/aromatic N) is 5. The lowest BCUT2D eigenvalue weighted by Crippen LogP contribution is -2.65. The van der Waals surface area contributed by atoms with Gasteiger partial charge < -0.3 is 24.4 Å². The van der Waals surface area contributed by atoms with Crippen molar-refractivity contribution in [1.29, 1.82) is 0 Å². The van der Waals surface area contributed by atoms with Gasteiger partial charge in [-0.25, -0.2) is 23.5 Å². The predicted octanol–water partition coefficient (Wildman–Crippen LogP) is 7.04. The molecule has 5 heterocycles. The van der Waals surface area contributed by atoms with Gasteiger partial charge in [0.05, 0.1) is 28.4 Å². The second-order valence-electron chi connectivity index (χ2n) is 13.9. The molecule has 6 rings (SSSR count). The molecule has 1 aromatic carbocycles. The Morgan fingerprint density at radius 2 is 1.85 bits per heavy atom. The second-order valence-corrected chi connectivity index (χ2v) is 15.0. The number of aromatic nitrogens is 2. The molecule has 0 aliphatic carbocycles. The van der Waals surface area contributed by atoms with E-state index in [0.29, 0.717) is 55.5 Å². The molecule has 260 valence electrons. The molecule has 3 aromatic rings. The fourth-order valence-electron chi connectivity index (χ4n) is 7.15. The summed E-state index contributed by atoms with van der Waals surface area (Å²) < 4.78 is 85.1. The number of fused-ring (bicyclic) bond motifs is 5. The van der Waals surface area contributed by atoms with Gasteiger partial charge in [-0.3, -0.25) is 4.90 Å². The molecule has 48 heavy (non-hydrogen) atoms. The molecule has 2 aromatic heterocycles. The van der Waals surface area contributed by atoms with Gasteiger partial charge in [-0.2, -0.15) is 13.2 Å². The number of aryl methyl sites for hydroxylation is 1. The maximum Gasteiger partial charge on any atom is 0.446 e. The number of pyridine rings is 2. The van der Waals surface area contributed by atoms with Crippen LogP contribution in [0.5, 0.6) is 11.6 Å². The molecule has 0 saturated carbocycles. The number of rotatable bonds is 5. The number of ether oxygens (including phenoxy) is 2. The molecule has 0 spiro atoms. The summed E-state index contributed by atoms with van der Waals surface area (Å²) in [6.45, 7) is 9.81. The molecular formula is C33H38F5N5O4S. The number of piperazine rings is 1. The maximum absolute atomic E-state index is 17.0. The van der Waals surface area contributed by atoms with Crippen molar-refractivity contribution < 1.29 is 41.3 Å². The number of thioether (sulfide) groups is 1. The highest BCUT2D eigenvalue weighted by Gasteiger charge is 2.54. The van der Waals surface area contributed by atoms with E-state index in [4.69, 9.17) is 14.5 Å². The Hall–Kier alpha value is -3.59. The van der Waals surface area contributed by atoms with Gasteiger partial charge >= 0.3 is 11.6 Å². The Morgan fingerprint density at radius 1 is 1.15 bits per heavy atom. The summed E-state index contributed by atoms with van der Waals surface area (Å²) in [7, 11) is 3.78. The van der Waals surface area contributed by atoms with E-state index in [1.165, 1.54) is 0 Å². The zero-order valence-electron chi connectivity index (χ0n) is 27.7. The largest absolute Gasteiger partial charge is 0.508 e. The van der Waals surface area contributed by atoms with Crippen LogP contribution in [0.15, 0.2) is 17.0 Å². The molecule has 1 amide bonds. The Balaban J connectivity index is 1.58. The highest BCUT2D eigenvalue weighted by Crippen LogP contribution is 2.50. The first-order valence-corrected chi connectivity index (χ1v) is 16.6. The maximum atomic E-state index is 17.0. The zero-order chi connectivity index (χ0) is 35.0. The topological polar surface area (TPSA) is 91.3 Å². The van der Waals surface area contributed by atoms with E-state index in [1.54, 1.807) is 39.5 Å². The van der Waals surface area contributed by atoms with Crippen LogP contribution in [-0.2, 0) is 11.2 Å². The lowest BCUT2D eigenvalue weighted by atomic mass is 9.97. The molecule has 0 unspecified atom stereocenters. The van der Waals surface area contributed by atoms with E-state index >= 15 is 8.78 Å². The summed E-state index contributed by atoms with van der Waals surface area (Å²) >= 11 is -0.752. The van der Waals surface area contributed by atoms with Crippen molar-refractivity contribution in [3.8, 4) is 22.9 Å². The monoisotopic (exact) mass is 695 g/mol. The van der Waals surface area contributed by atoms with Crippen LogP contribution in [0.3, 0.4) is 0 Å². The van der Waals surface area contributed by atoms with Gasteiger partial charge in [0.2, 0.25) is 5.88 Å². The lowest BCUT2D eigenvalue weighted by Gasteiger charge is -2.48. The number of amides is 1. The third-order valence-corrected chi connectivity index (χ3v) is 9.89. The number of benzene rings is 1. The van der Waals surface area contributed by atoms with Crippen molar-refractivity contribution in [1.82, 2.24) is 19.8 Å². The first kappa shape index (κ1) is 34.3. The van der Waals surface area contributed by atoms with E-state index < -0.39 is 74.6 Å². The van der Waals surface area contributed by atoms with Crippen molar-refractivity contribution in [2.45, 2.75) is 94.1 Å². The average Bonchev–Trinajstić information content (AvgIpc) is 3.20. The van der Waals surface area contributed by atoms with Crippen LogP contribution >= 0.6 is 11.8 Å². The predicted molar refractivity (Wildman–Crippen MR) is 172 cm³/mol.